The summed E-state index contributed by atoms with van der Waals surface area (Å²) in [5.41, 5.74) is 1.68. The van der Waals surface area contributed by atoms with E-state index < -0.39 is 9.84 Å². The van der Waals surface area contributed by atoms with Gasteiger partial charge in [0.1, 0.15) is 5.75 Å². The first-order chi connectivity index (χ1) is 13.4. The smallest absolute Gasteiger partial charge is 0.254 e. The zero-order valence-electron chi connectivity index (χ0n) is 16.4. The summed E-state index contributed by atoms with van der Waals surface area (Å²) in [5.74, 6) is 0.806. The molecule has 1 unspecified atom stereocenters. The van der Waals surface area contributed by atoms with Crippen LogP contribution in [0.1, 0.15) is 47.0 Å². The minimum absolute atomic E-state index is 0.0430. The monoisotopic (exact) mass is 421 g/mol. The normalized spacial score (nSPS) is 18.1. The molecule has 1 aliphatic rings. The number of carbonyl (C=O) groups is 1. The number of nitrogens with zero attached hydrogens (tertiary/aromatic N) is 1. The van der Waals surface area contributed by atoms with Crippen molar-refractivity contribution in [3.05, 3.63) is 51.7 Å². The highest BCUT2D eigenvalue weighted by molar-refractivity contribution is 7.91. The van der Waals surface area contributed by atoms with Crippen LogP contribution < -0.4 is 4.74 Å². The molecule has 0 bridgehead atoms. The Morgan fingerprint density at radius 3 is 2.57 bits per heavy atom. The maximum atomic E-state index is 13.2. The lowest BCUT2D eigenvalue weighted by molar-refractivity contribution is 0.0683. The van der Waals surface area contributed by atoms with Crippen molar-refractivity contribution in [2.45, 2.75) is 45.7 Å². The van der Waals surface area contributed by atoms with Gasteiger partial charge in [0.2, 0.25) is 0 Å². The summed E-state index contributed by atoms with van der Waals surface area (Å²) < 4.78 is 29.7. The van der Waals surface area contributed by atoms with Gasteiger partial charge in [0.05, 0.1) is 24.7 Å². The number of hydrogen-bond donors (Lipinski definition) is 0. The van der Waals surface area contributed by atoms with E-state index in [2.05, 4.69) is 6.92 Å². The summed E-state index contributed by atoms with van der Waals surface area (Å²) in [6, 6.07) is 8.89. The highest BCUT2D eigenvalue weighted by atomic mass is 32.2. The van der Waals surface area contributed by atoms with E-state index in [9.17, 15) is 13.2 Å². The molecule has 1 aliphatic heterocycles. The second kappa shape index (κ2) is 9.09. The van der Waals surface area contributed by atoms with Gasteiger partial charge in [-0.15, -0.1) is 11.3 Å². The average Bonchev–Trinajstić information content (AvgIpc) is 3.24. The lowest BCUT2D eigenvalue weighted by Gasteiger charge is -2.28. The summed E-state index contributed by atoms with van der Waals surface area (Å²) in [4.78, 5) is 16.1. The van der Waals surface area contributed by atoms with Crippen LogP contribution in [0.15, 0.2) is 35.7 Å². The van der Waals surface area contributed by atoms with E-state index in [0.29, 0.717) is 25.1 Å². The number of amides is 1. The van der Waals surface area contributed by atoms with Gasteiger partial charge < -0.3 is 9.64 Å². The van der Waals surface area contributed by atoms with E-state index in [4.69, 9.17) is 4.74 Å². The van der Waals surface area contributed by atoms with E-state index in [1.54, 1.807) is 28.4 Å². The lowest BCUT2D eigenvalue weighted by atomic mass is 10.1. The van der Waals surface area contributed by atoms with Crippen LogP contribution in [-0.2, 0) is 16.4 Å². The van der Waals surface area contributed by atoms with Crippen LogP contribution in [0.4, 0.5) is 0 Å². The molecule has 2 heterocycles. The molecule has 1 atom stereocenters. The zero-order valence-corrected chi connectivity index (χ0v) is 18.0. The Balaban J connectivity index is 1.79. The molecule has 5 nitrogen and oxygen atoms in total. The molecule has 0 saturated carbocycles. The van der Waals surface area contributed by atoms with Gasteiger partial charge in [-0.05, 0) is 61.0 Å². The van der Waals surface area contributed by atoms with Crippen molar-refractivity contribution >= 4 is 27.1 Å². The van der Waals surface area contributed by atoms with Crippen molar-refractivity contribution < 1.29 is 17.9 Å². The number of unbranched alkanes of at least 4 members (excludes halogenated alkanes) is 1. The molecule has 1 amide bonds. The number of thiophene rings is 1. The quantitative estimate of drug-likeness (QED) is 0.603. The summed E-state index contributed by atoms with van der Waals surface area (Å²) >= 11 is 1.60. The van der Waals surface area contributed by atoms with Crippen molar-refractivity contribution in [3.63, 3.8) is 0 Å². The molecule has 152 valence electrons. The predicted molar refractivity (Wildman–Crippen MR) is 113 cm³/mol. The Morgan fingerprint density at radius 1 is 1.25 bits per heavy atom. The van der Waals surface area contributed by atoms with Gasteiger partial charge in [0, 0.05) is 16.5 Å². The van der Waals surface area contributed by atoms with Crippen LogP contribution in [0.25, 0.3) is 0 Å². The van der Waals surface area contributed by atoms with Gasteiger partial charge in [0.25, 0.3) is 5.91 Å². The van der Waals surface area contributed by atoms with E-state index in [-0.39, 0.29) is 23.5 Å². The molecular formula is C21H27NO4S2. The van der Waals surface area contributed by atoms with Gasteiger partial charge in [-0.2, -0.15) is 0 Å². The Hall–Kier alpha value is -1.86. The highest BCUT2D eigenvalue weighted by Crippen LogP contribution is 2.26. The van der Waals surface area contributed by atoms with Crippen LogP contribution in [0, 0.1) is 6.92 Å². The number of aryl methyl sites for hydroxylation is 1. The number of benzene rings is 1. The first-order valence-corrected chi connectivity index (χ1v) is 12.4. The van der Waals surface area contributed by atoms with Gasteiger partial charge in [-0.1, -0.05) is 13.3 Å². The molecule has 7 heteroatoms. The fraction of sp³-hybridized carbons (Fsp3) is 0.476. The van der Waals surface area contributed by atoms with Gasteiger partial charge in [-0.3, -0.25) is 4.79 Å². The van der Waals surface area contributed by atoms with Crippen LogP contribution in [0.5, 0.6) is 5.75 Å². The first kappa shape index (κ1) is 20.9. The molecule has 3 rings (SSSR count). The van der Waals surface area contributed by atoms with Gasteiger partial charge in [-0.25, -0.2) is 8.42 Å². The maximum absolute atomic E-state index is 13.2. The minimum atomic E-state index is -3.08. The molecule has 0 spiro atoms. The fourth-order valence-electron chi connectivity index (χ4n) is 3.30. The first-order valence-electron chi connectivity index (χ1n) is 9.67. The van der Waals surface area contributed by atoms with Crippen LogP contribution in [-0.4, -0.2) is 43.4 Å². The average molecular weight is 422 g/mol. The summed E-state index contributed by atoms with van der Waals surface area (Å²) in [6.45, 7) is 5.23. The number of rotatable bonds is 8. The summed E-state index contributed by atoms with van der Waals surface area (Å²) in [5, 5.41) is 2.00. The van der Waals surface area contributed by atoms with E-state index in [1.165, 1.54) is 0 Å². The molecule has 2 aromatic rings. The fourth-order valence-corrected chi connectivity index (χ4v) is 5.94. The van der Waals surface area contributed by atoms with E-state index >= 15 is 0 Å². The van der Waals surface area contributed by atoms with Crippen molar-refractivity contribution in [1.82, 2.24) is 4.90 Å². The molecule has 1 aromatic carbocycles. The van der Waals surface area contributed by atoms with Crippen molar-refractivity contribution in [1.29, 1.82) is 0 Å². The van der Waals surface area contributed by atoms with Crippen LogP contribution in [0.2, 0.25) is 0 Å². The van der Waals surface area contributed by atoms with Crippen molar-refractivity contribution in [2.75, 3.05) is 18.1 Å². The topological polar surface area (TPSA) is 63.7 Å². The van der Waals surface area contributed by atoms with E-state index in [0.717, 1.165) is 29.0 Å². The zero-order chi connectivity index (χ0) is 20.1. The number of hydrogen-bond acceptors (Lipinski definition) is 5. The Labute approximate surface area is 171 Å². The van der Waals surface area contributed by atoms with Gasteiger partial charge >= 0.3 is 0 Å². The third-order valence-electron chi connectivity index (χ3n) is 5.06. The summed E-state index contributed by atoms with van der Waals surface area (Å²) in [7, 11) is -3.08. The molecule has 1 fully saturated rings. The molecule has 0 N–H and O–H groups in total. The standard InChI is InChI=1S/C21H27NO4S2/c1-3-4-11-26-19-7-5-17(6-8-19)21(23)22(14-20-16(2)9-12-27-20)18-10-13-28(24,25)15-18/h5-9,12,18H,3-4,10-11,13-15H2,1-2H3. The van der Waals surface area contributed by atoms with E-state index in [1.807, 2.05) is 30.5 Å². The second-order valence-corrected chi connectivity index (χ2v) is 10.5. The largest absolute Gasteiger partial charge is 0.494 e. The lowest BCUT2D eigenvalue weighted by Crippen LogP contribution is -2.40. The van der Waals surface area contributed by atoms with Crippen molar-refractivity contribution in [3.8, 4) is 5.75 Å². The SMILES string of the molecule is CCCCOc1ccc(C(=O)N(Cc2sccc2C)C2CCS(=O)(=O)C2)cc1. The third-order valence-corrected chi connectivity index (χ3v) is 7.82. The molecular weight excluding hydrogens is 394 g/mol. The number of sulfone groups is 1. The maximum Gasteiger partial charge on any atom is 0.254 e. The molecule has 0 aliphatic carbocycles. The third kappa shape index (κ3) is 5.14. The van der Waals surface area contributed by atoms with Crippen molar-refractivity contribution in [2.24, 2.45) is 0 Å². The Bertz CT molecular complexity index is 903. The Morgan fingerprint density at radius 2 is 2.00 bits per heavy atom. The summed E-state index contributed by atoms with van der Waals surface area (Å²) in [6.07, 6.45) is 2.56. The second-order valence-electron chi connectivity index (χ2n) is 7.24. The van der Waals surface area contributed by atoms with Crippen LogP contribution >= 0.6 is 11.3 Å². The number of ether oxygens (including phenoxy) is 1. The van der Waals surface area contributed by atoms with Crippen LogP contribution in [0.3, 0.4) is 0 Å². The Kier molecular flexibility index (Phi) is 6.78. The molecule has 0 radical (unpaired) electrons. The predicted octanol–water partition coefficient (Wildman–Crippen LogP) is 4.06. The minimum Gasteiger partial charge on any atom is -0.494 e. The molecule has 1 saturated heterocycles. The van der Waals surface area contributed by atoms with Gasteiger partial charge in [0.15, 0.2) is 9.84 Å². The highest BCUT2D eigenvalue weighted by Gasteiger charge is 2.35. The number of carbonyl (C=O) groups excluding carboxylic acids is 1. The molecule has 1 aromatic heterocycles. The molecule has 28 heavy (non-hydrogen) atoms.